The van der Waals surface area contributed by atoms with Crippen LogP contribution in [0.2, 0.25) is 0 Å². The molecule has 0 bridgehead atoms. The van der Waals surface area contributed by atoms with Gasteiger partial charge in [0.2, 0.25) is 0 Å². The molecule has 1 amide bonds. The molecular formula is C24H25NO4. The number of benzene rings is 3. The maximum Gasteiger partial charge on any atom is 0.253 e. The molecule has 0 aliphatic carbocycles. The molecule has 0 atom stereocenters. The number of rotatable bonds is 7. The lowest BCUT2D eigenvalue weighted by atomic mass is 10.1. The molecule has 0 N–H and O–H groups in total. The predicted octanol–water partition coefficient (Wildman–Crippen LogP) is 5.08. The Labute approximate surface area is 171 Å². The number of methoxy groups -OCH3 is 2. The Morgan fingerprint density at radius 1 is 0.862 bits per heavy atom. The number of amides is 1. The minimum atomic E-state index is -0.0644. The lowest BCUT2D eigenvalue weighted by Gasteiger charge is -2.20. The number of ether oxygens (including phenoxy) is 3. The van der Waals surface area contributed by atoms with Gasteiger partial charge < -0.3 is 19.1 Å². The summed E-state index contributed by atoms with van der Waals surface area (Å²) in [4.78, 5) is 14.5. The highest BCUT2D eigenvalue weighted by molar-refractivity contribution is 5.94. The summed E-state index contributed by atoms with van der Waals surface area (Å²) in [5.41, 5.74) is 2.64. The fourth-order valence-corrected chi connectivity index (χ4v) is 3.03. The third-order valence-corrected chi connectivity index (χ3v) is 4.68. The Hall–Kier alpha value is -3.47. The molecule has 0 aliphatic rings. The Morgan fingerprint density at radius 3 is 2.07 bits per heavy atom. The van der Waals surface area contributed by atoms with Gasteiger partial charge in [-0.3, -0.25) is 4.79 Å². The molecule has 0 spiro atoms. The van der Waals surface area contributed by atoms with Gasteiger partial charge in [0.1, 0.15) is 11.5 Å². The Balaban J connectivity index is 1.70. The SMILES string of the molecule is COc1cc(C)c(CN(C)C(=O)c2ccc(Oc3ccccc3)cc2)cc1OC. The molecule has 150 valence electrons. The van der Waals surface area contributed by atoms with Crippen molar-refractivity contribution < 1.29 is 19.0 Å². The number of carbonyl (C=O) groups is 1. The van der Waals surface area contributed by atoms with Crippen molar-refractivity contribution in [1.29, 1.82) is 0 Å². The largest absolute Gasteiger partial charge is 0.493 e. The van der Waals surface area contributed by atoms with Crippen LogP contribution < -0.4 is 14.2 Å². The van der Waals surface area contributed by atoms with Crippen molar-refractivity contribution >= 4 is 5.91 Å². The topological polar surface area (TPSA) is 48.0 Å². The molecule has 0 radical (unpaired) electrons. The third-order valence-electron chi connectivity index (χ3n) is 4.68. The van der Waals surface area contributed by atoms with E-state index in [0.29, 0.717) is 29.4 Å². The van der Waals surface area contributed by atoms with Crippen LogP contribution in [-0.2, 0) is 6.54 Å². The maximum atomic E-state index is 12.8. The number of aryl methyl sites for hydroxylation is 1. The number of nitrogens with zero attached hydrogens (tertiary/aromatic N) is 1. The zero-order valence-electron chi connectivity index (χ0n) is 17.1. The molecule has 0 aliphatic heterocycles. The van der Waals surface area contributed by atoms with E-state index >= 15 is 0 Å². The van der Waals surface area contributed by atoms with E-state index in [0.717, 1.165) is 16.9 Å². The van der Waals surface area contributed by atoms with Gasteiger partial charge in [-0.1, -0.05) is 18.2 Å². The highest BCUT2D eigenvalue weighted by Crippen LogP contribution is 2.31. The van der Waals surface area contributed by atoms with Crippen LogP contribution >= 0.6 is 0 Å². The van der Waals surface area contributed by atoms with E-state index in [1.165, 1.54) is 0 Å². The zero-order valence-corrected chi connectivity index (χ0v) is 17.1. The number of hydrogen-bond donors (Lipinski definition) is 0. The summed E-state index contributed by atoms with van der Waals surface area (Å²) in [5, 5.41) is 0. The van der Waals surface area contributed by atoms with E-state index in [4.69, 9.17) is 14.2 Å². The number of para-hydroxylation sites is 1. The molecule has 3 rings (SSSR count). The van der Waals surface area contributed by atoms with E-state index in [-0.39, 0.29) is 5.91 Å². The first-order valence-electron chi connectivity index (χ1n) is 9.31. The van der Waals surface area contributed by atoms with E-state index in [1.54, 1.807) is 50.4 Å². The molecule has 0 unspecified atom stereocenters. The minimum Gasteiger partial charge on any atom is -0.493 e. The fourth-order valence-electron chi connectivity index (χ4n) is 3.03. The highest BCUT2D eigenvalue weighted by atomic mass is 16.5. The van der Waals surface area contributed by atoms with Crippen molar-refractivity contribution in [3.8, 4) is 23.0 Å². The van der Waals surface area contributed by atoms with Gasteiger partial charge >= 0.3 is 0 Å². The van der Waals surface area contributed by atoms with Crippen molar-refractivity contribution in [2.24, 2.45) is 0 Å². The van der Waals surface area contributed by atoms with Crippen LogP contribution in [0.5, 0.6) is 23.0 Å². The average molecular weight is 391 g/mol. The van der Waals surface area contributed by atoms with Crippen molar-refractivity contribution in [2.75, 3.05) is 21.3 Å². The van der Waals surface area contributed by atoms with Crippen LogP contribution in [0.4, 0.5) is 0 Å². The molecule has 0 saturated heterocycles. The lowest BCUT2D eigenvalue weighted by molar-refractivity contribution is 0.0785. The van der Waals surface area contributed by atoms with Gasteiger partial charge in [-0.15, -0.1) is 0 Å². The van der Waals surface area contributed by atoms with Gasteiger partial charge in [0, 0.05) is 19.2 Å². The lowest BCUT2D eigenvalue weighted by Crippen LogP contribution is -2.26. The molecule has 5 heteroatoms. The molecule has 3 aromatic carbocycles. The predicted molar refractivity (Wildman–Crippen MR) is 113 cm³/mol. The first-order chi connectivity index (χ1) is 14.0. The van der Waals surface area contributed by atoms with Gasteiger partial charge in [-0.25, -0.2) is 0 Å². The molecule has 0 heterocycles. The van der Waals surface area contributed by atoms with Crippen molar-refractivity contribution in [3.63, 3.8) is 0 Å². The quantitative estimate of drug-likeness (QED) is 0.564. The second kappa shape index (κ2) is 9.15. The van der Waals surface area contributed by atoms with Crippen LogP contribution in [0.25, 0.3) is 0 Å². The molecule has 0 saturated carbocycles. The van der Waals surface area contributed by atoms with Crippen molar-refractivity contribution in [1.82, 2.24) is 4.90 Å². The van der Waals surface area contributed by atoms with E-state index in [9.17, 15) is 4.79 Å². The fraction of sp³-hybridized carbons (Fsp3) is 0.208. The summed E-state index contributed by atoms with van der Waals surface area (Å²) < 4.78 is 16.5. The Morgan fingerprint density at radius 2 is 1.45 bits per heavy atom. The van der Waals surface area contributed by atoms with Crippen LogP contribution in [0.15, 0.2) is 66.7 Å². The maximum absolute atomic E-state index is 12.8. The number of hydrogen-bond acceptors (Lipinski definition) is 4. The second-order valence-corrected chi connectivity index (χ2v) is 6.73. The van der Waals surface area contributed by atoms with E-state index in [1.807, 2.05) is 49.4 Å². The van der Waals surface area contributed by atoms with Crippen LogP contribution in [0.1, 0.15) is 21.5 Å². The van der Waals surface area contributed by atoms with Gasteiger partial charge in [0.15, 0.2) is 11.5 Å². The molecule has 0 fully saturated rings. The van der Waals surface area contributed by atoms with E-state index in [2.05, 4.69) is 0 Å². The summed E-state index contributed by atoms with van der Waals surface area (Å²) in [6.45, 7) is 2.46. The van der Waals surface area contributed by atoms with Crippen molar-refractivity contribution in [2.45, 2.75) is 13.5 Å². The zero-order chi connectivity index (χ0) is 20.8. The Bertz CT molecular complexity index is 968. The van der Waals surface area contributed by atoms with Crippen LogP contribution in [-0.4, -0.2) is 32.1 Å². The average Bonchev–Trinajstić information content (AvgIpc) is 2.75. The Kier molecular flexibility index (Phi) is 6.39. The molecule has 29 heavy (non-hydrogen) atoms. The summed E-state index contributed by atoms with van der Waals surface area (Å²) in [7, 11) is 5.00. The molecular weight excluding hydrogens is 366 g/mol. The van der Waals surface area contributed by atoms with Gasteiger partial charge in [-0.2, -0.15) is 0 Å². The minimum absolute atomic E-state index is 0.0644. The smallest absolute Gasteiger partial charge is 0.253 e. The standard InChI is InChI=1S/C24H25NO4/c1-17-14-22(27-3)23(28-4)15-19(17)16-25(2)24(26)18-10-12-21(13-11-18)29-20-8-6-5-7-9-20/h5-15H,16H2,1-4H3. The normalized spacial score (nSPS) is 10.3. The highest BCUT2D eigenvalue weighted by Gasteiger charge is 2.15. The summed E-state index contributed by atoms with van der Waals surface area (Å²) in [5.74, 6) is 2.71. The monoisotopic (exact) mass is 391 g/mol. The molecule has 3 aromatic rings. The first-order valence-corrected chi connectivity index (χ1v) is 9.31. The van der Waals surface area contributed by atoms with Crippen molar-refractivity contribution in [3.05, 3.63) is 83.4 Å². The summed E-state index contributed by atoms with van der Waals surface area (Å²) in [6.07, 6.45) is 0. The second-order valence-electron chi connectivity index (χ2n) is 6.73. The van der Waals surface area contributed by atoms with Crippen LogP contribution in [0.3, 0.4) is 0 Å². The first kappa shape index (κ1) is 20.3. The molecule has 0 aromatic heterocycles. The van der Waals surface area contributed by atoms with Crippen LogP contribution in [0, 0.1) is 6.92 Å². The molecule has 5 nitrogen and oxygen atoms in total. The summed E-state index contributed by atoms with van der Waals surface area (Å²) >= 11 is 0. The third kappa shape index (κ3) is 4.88. The van der Waals surface area contributed by atoms with E-state index < -0.39 is 0 Å². The van der Waals surface area contributed by atoms with Gasteiger partial charge in [-0.05, 0) is 66.6 Å². The van der Waals surface area contributed by atoms with Gasteiger partial charge in [0.25, 0.3) is 5.91 Å². The summed E-state index contributed by atoms with van der Waals surface area (Å²) in [6, 6.07) is 20.5. The van der Waals surface area contributed by atoms with Gasteiger partial charge in [0.05, 0.1) is 14.2 Å². The number of carbonyl (C=O) groups excluding carboxylic acids is 1.